The lowest BCUT2D eigenvalue weighted by atomic mass is 9.81. The van der Waals surface area contributed by atoms with E-state index < -0.39 is 17.3 Å². The first-order valence-corrected chi connectivity index (χ1v) is 11.5. The van der Waals surface area contributed by atoms with Gasteiger partial charge in [-0.3, -0.25) is 14.4 Å². The maximum Gasteiger partial charge on any atom is 0.226 e. The summed E-state index contributed by atoms with van der Waals surface area (Å²) in [6.07, 6.45) is 5.78. The zero-order valence-corrected chi connectivity index (χ0v) is 20.4. The number of ketones is 2. The molecule has 1 atom stereocenters. The smallest absolute Gasteiger partial charge is 0.226 e. The SMILES string of the molecule is C.CC(C)(CCC(=O)CCC(=O)CCC(C)(C)Cc1cc(=O)c(O)co1)CC1=CC(O)C(O)=CO1. The third kappa shape index (κ3) is 10.5. The van der Waals surface area contributed by atoms with Crippen LogP contribution in [0.3, 0.4) is 0 Å². The van der Waals surface area contributed by atoms with Crippen molar-refractivity contribution in [3.63, 3.8) is 0 Å². The second kappa shape index (κ2) is 12.7. The Bertz CT molecular complexity index is 997. The minimum absolute atomic E-state index is 0. The predicted octanol–water partition coefficient (Wildman–Crippen LogP) is 5.12. The lowest BCUT2D eigenvalue weighted by molar-refractivity contribution is -0.124. The van der Waals surface area contributed by atoms with Crippen LogP contribution in [0.1, 0.15) is 85.8 Å². The highest BCUT2D eigenvalue weighted by atomic mass is 16.5. The molecule has 1 unspecified atom stereocenters. The summed E-state index contributed by atoms with van der Waals surface area (Å²) in [5, 5.41) is 28.4. The second-order valence-corrected chi connectivity index (χ2v) is 10.6. The molecule has 1 aliphatic heterocycles. The topological polar surface area (TPSA) is 134 Å². The summed E-state index contributed by atoms with van der Waals surface area (Å²) in [6.45, 7) is 7.95. The molecule has 3 N–H and O–H groups in total. The van der Waals surface area contributed by atoms with Gasteiger partial charge in [-0.15, -0.1) is 0 Å². The highest BCUT2D eigenvalue weighted by Gasteiger charge is 2.25. The van der Waals surface area contributed by atoms with Crippen molar-refractivity contribution in [2.75, 3.05) is 0 Å². The van der Waals surface area contributed by atoms with Gasteiger partial charge in [0.15, 0.2) is 11.5 Å². The number of allylic oxidation sites excluding steroid dienone is 1. The van der Waals surface area contributed by atoms with E-state index in [0.717, 1.165) is 12.5 Å². The van der Waals surface area contributed by atoms with Crippen molar-refractivity contribution < 1.29 is 34.1 Å². The van der Waals surface area contributed by atoms with Gasteiger partial charge in [-0.2, -0.15) is 0 Å². The maximum absolute atomic E-state index is 12.3. The average Bonchev–Trinajstić information content (AvgIpc) is 2.74. The van der Waals surface area contributed by atoms with Crippen LogP contribution >= 0.6 is 0 Å². The van der Waals surface area contributed by atoms with E-state index in [-0.39, 0.29) is 48.4 Å². The van der Waals surface area contributed by atoms with Gasteiger partial charge < -0.3 is 24.5 Å². The molecule has 1 aliphatic rings. The number of hydrogen-bond donors (Lipinski definition) is 3. The number of aliphatic hydroxyl groups is 2. The second-order valence-electron chi connectivity index (χ2n) is 10.6. The molecule has 0 saturated carbocycles. The van der Waals surface area contributed by atoms with E-state index in [9.17, 15) is 29.7 Å². The molecule has 0 fully saturated rings. The molecule has 0 spiro atoms. The van der Waals surface area contributed by atoms with Crippen LogP contribution in [0.25, 0.3) is 0 Å². The third-order valence-corrected chi connectivity index (χ3v) is 5.99. The molecular formula is C27H40O8. The molecule has 2 heterocycles. The monoisotopic (exact) mass is 492 g/mol. The first-order valence-electron chi connectivity index (χ1n) is 11.5. The number of aromatic hydroxyl groups is 1. The Morgan fingerprint density at radius 3 is 2.00 bits per heavy atom. The fourth-order valence-electron chi connectivity index (χ4n) is 3.75. The van der Waals surface area contributed by atoms with Crippen LogP contribution in [0.2, 0.25) is 0 Å². The zero-order valence-electron chi connectivity index (χ0n) is 20.4. The Hall–Kier alpha value is -2.87. The Labute approximate surface area is 207 Å². The van der Waals surface area contributed by atoms with Gasteiger partial charge in [0.1, 0.15) is 41.7 Å². The van der Waals surface area contributed by atoms with E-state index in [2.05, 4.69) is 0 Å². The van der Waals surface area contributed by atoms with Gasteiger partial charge in [-0.1, -0.05) is 35.1 Å². The number of aliphatic hydroxyl groups excluding tert-OH is 2. The van der Waals surface area contributed by atoms with Crippen molar-refractivity contribution in [2.24, 2.45) is 10.8 Å². The predicted molar refractivity (Wildman–Crippen MR) is 133 cm³/mol. The molecule has 0 aliphatic carbocycles. The lowest BCUT2D eigenvalue weighted by Gasteiger charge is -2.27. The highest BCUT2D eigenvalue weighted by molar-refractivity contribution is 5.86. The molecule has 0 saturated heterocycles. The quantitative estimate of drug-likeness (QED) is 0.345. The van der Waals surface area contributed by atoms with Crippen LogP contribution < -0.4 is 5.43 Å². The number of carbonyl (C=O) groups excluding carboxylic acids is 2. The van der Waals surface area contributed by atoms with Gasteiger partial charge in [0.25, 0.3) is 0 Å². The number of Topliss-reactive ketones (excluding diaryl/α,β-unsaturated/α-hetero) is 2. The average molecular weight is 493 g/mol. The Kier molecular flexibility index (Phi) is 11.0. The van der Waals surface area contributed by atoms with E-state index >= 15 is 0 Å². The normalized spacial score (nSPS) is 16.0. The van der Waals surface area contributed by atoms with Crippen molar-refractivity contribution in [1.29, 1.82) is 0 Å². The lowest BCUT2D eigenvalue weighted by Crippen LogP contribution is -2.19. The van der Waals surface area contributed by atoms with Crippen LogP contribution in [-0.4, -0.2) is 33.0 Å². The van der Waals surface area contributed by atoms with Crippen molar-refractivity contribution in [2.45, 2.75) is 92.6 Å². The summed E-state index contributed by atoms with van der Waals surface area (Å²) >= 11 is 0. The molecule has 0 radical (unpaired) electrons. The number of ether oxygens (including phenoxy) is 1. The molecular weight excluding hydrogens is 452 g/mol. The van der Waals surface area contributed by atoms with E-state index in [0.29, 0.717) is 50.0 Å². The zero-order chi connectivity index (χ0) is 25.5. The number of hydrogen-bond acceptors (Lipinski definition) is 8. The van der Waals surface area contributed by atoms with Gasteiger partial charge in [-0.05, 0) is 29.7 Å². The first kappa shape index (κ1) is 30.2. The summed E-state index contributed by atoms with van der Waals surface area (Å²) in [5.41, 5.74) is -1.03. The molecule has 196 valence electrons. The fourth-order valence-corrected chi connectivity index (χ4v) is 3.75. The fraction of sp³-hybridized carbons (Fsp3) is 0.593. The highest BCUT2D eigenvalue weighted by Crippen LogP contribution is 2.33. The largest absolute Gasteiger partial charge is 0.506 e. The molecule has 0 aromatic carbocycles. The molecule has 2 rings (SSSR count). The number of rotatable bonds is 13. The Morgan fingerprint density at radius 1 is 0.943 bits per heavy atom. The molecule has 35 heavy (non-hydrogen) atoms. The van der Waals surface area contributed by atoms with Crippen LogP contribution in [0.15, 0.2) is 45.4 Å². The third-order valence-electron chi connectivity index (χ3n) is 5.99. The Morgan fingerprint density at radius 2 is 1.49 bits per heavy atom. The van der Waals surface area contributed by atoms with Crippen LogP contribution in [0.4, 0.5) is 0 Å². The van der Waals surface area contributed by atoms with E-state index in [4.69, 9.17) is 9.15 Å². The van der Waals surface area contributed by atoms with Gasteiger partial charge in [0.05, 0.1) is 0 Å². The van der Waals surface area contributed by atoms with Gasteiger partial charge >= 0.3 is 0 Å². The summed E-state index contributed by atoms with van der Waals surface area (Å²) in [5.74, 6) is 0.385. The minimum atomic E-state index is -1.07. The van der Waals surface area contributed by atoms with E-state index in [1.165, 1.54) is 12.1 Å². The summed E-state index contributed by atoms with van der Waals surface area (Å²) < 4.78 is 10.6. The summed E-state index contributed by atoms with van der Waals surface area (Å²) in [6, 6.07) is 1.26. The molecule has 0 bridgehead atoms. The maximum atomic E-state index is 12.3. The summed E-state index contributed by atoms with van der Waals surface area (Å²) in [4.78, 5) is 36.2. The van der Waals surface area contributed by atoms with E-state index in [1.807, 2.05) is 27.7 Å². The van der Waals surface area contributed by atoms with Crippen LogP contribution in [0.5, 0.6) is 5.75 Å². The standard InChI is InChI=1S/C26H36O8.CH4/c1-25(2,13-19-11-21(29)23(31)15-33-19)9-7-17(27)5-6-18(28)8-10-26(3,4)14-20-12-22(30)24(32)16-34-20;/h11-12,15-16,21,29,31-32H,5-10,13-14H2,1-4H3;1H4. The van der Waals surface area contributed by atoms with Crippen LogP contribution in [0, 0.1) is 10.8 Å². The van der Waals surface area contributed by atoms with E-state index in [1.54, 1.807) is 0 Å². The minimum Gasteiger partial charge on any atom is -0.506 e. The van der Waals surface area contributed by atoms with Crippen molar-refractivity contribution in [3.8, 4) is 5.75 Å². The van der Waals surface area contributed by atoms with Crippen LogP contribution in [-0.2, 0) is 20.7 Å². The van der Waals surface area contributed by atoms with Crippen molar-refractivity contribution in [1.82, 2.24) is 0 Å². The van der Waals surface area contributed by atoms with Crippen molar-refractivity contribution in [3.05, 3.63) is 52.2 Å². The van der Waals surface area contributed by atoms with Gasteiger partial charge in [0, 0.05) is 44.6 Å². The van der Waals surface area contributed by atoms with Crippen molar-refractivity contribution >= 4 is 11.6 Å². The molecule has 1 aromatic heterocycles. The molecule has 1 aromatic rings. The Balaban J connectivity index is 0.00000612. The number of carbonyl (C=O) groups is 2. The molecule has 0 amide bonds. The van der Waals surface area contributed by atoms with Gasteiger partial charge in [0.2, 0.25) is 5.43 Å². The first-order chi connectivity index (χ1) is 15.8. The summed E-state index contributed by atoms with van der Waals surface area (Å²) in [7, 11) is 0. The van der Waals surface area contributed by atoms with Gasteiger partial charge in [-0.25, -0.2) is 0 Å². The molecule has 8 nitrogen and oxygen atoms in total. The molecule has 8 heteroatoms.